The van der Waals surface area contributed by atoms with Gasteiger partial charge in [-0.05, 0) is 69.8 Å². The molecule has 3 heteroatoms. The fourth-order valence-electron chi connectivity index (χ4n) is 5.12. The van der Waals surface area contributed by atoms with Crippen molar-refractivity contribution in [1.82, 2.24) is 0 Å². The Hall–Kier alpha value is -2.68. The lowest BCUT2D eigenvalue weighted by Crippen LogP contribution is -2.52. The van der Waals surface area contributed by atoms with E-state index in [-0.39, 0.29) is 6.71 Å². The number of ether oxygens (including phenoxy) is 2. The zero-order chi connectivity index (χ0) is 23.2. The van der Waals surface area contributed by atoms with Gasteiger partial charge < -0.3 is 9.47 Å². The number of hydrogen-bond donors (Lipinski definition) is 0. The summed E-state index contributed by atoms with van der Waals surface area (Å²) in [6.45, 7) is 14.1. The van der Waals surface area contributed by atoms with Crippen LogP contribution in [0.2, 0.25) is 0 Å². The van der Waals surface area contributed by atoms with Crippen LogP contribution in [0.3, 0.4) is 0 Å². The normalized spacial score (nSPS) is 12.5. The Balaban J connectivity index is 2.07. The SMILES string of the molecule is COc1ccc2c(c1)-c1cc(OC)ccc1B2c1c(C(C)C)cc(C(C)C)cc1C(C)C. The standard InChI is InChI=1S/C29H35BO2/c1-17(2)20-13-23(18(3)4)29(24(14-20)19(5)6)30-27-11-9-21(31-7)15-25(27)26-16-22(32-8)10-12-28(26)30/h9-19H,1-8H3. The summed E-state index contributed by atoms with van der Waals surface area (Å²) in [5.74, 6) is 3.19. The lowest BCUT2D eigenvalue weighted by atomic mass is 9.36. The maximum absolute atomic E-state index is 5.59. The Morgan fingerprint density at radius 2 is 1.03 bits per heavy atom. The van der Waals surface area contributed by atoms with E-state index in [1.54, 1.807) is 14.2 Å². The fraction of sp³-hybridized carbons (Fsp3) is 0.379. The van der Waals surface area contributed by atoms with E-state index in [4.69, 9.17) is 9.47 Å². The van der Waals surface area contributed by atoms with Gasteiger partial charge in [0, 0.05) is 0 Å². The third-order valence-electron chi connectivity index (χ3n) is 6.90. The summed E-state index contributed by atoms with van der Waals surface area (Å²) in [6, 6.07) is 18.0. The van der Waals surface area contributed by atoms with Crippen molar-refractivity contribution in [2.75, 3.05) is 14.2 Å². The van der Waals surface area contributed by atoms with Crippen LogP contribution >= 0.6 is 0 Å². The van der Waals surface area contributed by atoms with E-state index in [1.807, 2.05) is 0 Å². The second-order valence-electron chi connectivity index (χ2n) is 9.92. The molecule has 1 aliphatic heterocycles. The molecule has 0 radical (unpaired) electrons. The van der Waals surface area contributed by atoms with E-state index in [9.17, 15) is 0 Å². The van der Waals surface area contributed by atoms with Crippen LogP contribution in [0.15, 0.2) is 48.5 Å². The van der Waals surface area contributed by atoms with Crippen LogP contribution in [0, 0.1) is 0 Å². The van der Waals surface area contributed by atoms with E-state index in [0.717, 1.165) is 11.5 Å². The van der Waals surface area contributed by atoms with Gasteiger partial charge in [-0.2, -0.15) is 0 Å². The van der Waals surface area contributed by atoms with Crippen molar-refractivity contribution in [2.24, 2.45) is 0 Å². The van der Waals surface area contributed by atoms with E-state index in [2.05, 4.69) is 90.1 Å². The quantitative estimate of drug-likeness (QED) is 0.375. The number of methoxy groups -OCH3 is 2. The molecule has 2 nitrogen and oxygen atoms in total. The molecule has 166 valence electrons. The number of benzene rings is 3. The molecule has 0 aromatic heterocycles. The summed E-state index contributed by atoms with van der Waals surface area (Å²) in [6.07, 6.45) is 0. The lowest BCUT2D eigenvalue weighted by molar-refractivity contribution is 0.414. The molecule has 3 aromatic carbocycles. The third-order valence-corrected chi connectivity index (χ3v) is 6.90. The predicted octanol–water partition coefficient (Wildman–Crippen LogP) is 5.57. The van der Waals surface area contributed by atoms with Crippen LogP contribution in [0.1, 0.15) is 76.0 Å². The molecule has 0 fully saturated rings. The Kier molecular flexibility index (Phi) is 6.12. The van der Waals surface area contributed by atoms with Crippen molar-refractivity contribution in [2.45, 2.75) is 59.3 Å². The number of hydrogen-bond acceptors (Lipinski definition) is 2. The van der Waals surface area contributed by atoms with Crippen LogP contribution in [0.5, 0.6) is 11.5 Å². The van der Waals surface area contributed by atoms with E-state index in [0.29, 0.717) is 17.8 Å². The van der Waals surface area contributed by atoms with Gasteiger partial charge in [0.05, 0.1) is 14.2 Å². The molecule has 0 N–H and O–H groups in total. The molecule has 0 bridgehead atoms. The highest BCUT2D eigenvalue weighted by atomic mass is 16.5. The van der Waals surface area contributed by atoms with E-state index >= 15 is 0 Å². The van der Waals surface area contributed by atoms with Crippen molar-refractivity contribution in [3.8, 4) is 22.6 Å². The first-order valence-electron chi connectivity index (χ1n) is 11.8. The molecule has 4 rings (SSSR count). The Labute approximate surface area is 194 Å². The first-order chi connectivity index (χ1) is 15.3. The van der Waals surface area contributed by atoms with Gasteiger partial charge in [-0.3, -0.25) is 0 Å². The summed E-state index contributed by atoms with van der Waals surface area (Å²) in [7, 11) is 3.47. The average molecular weight is 426 g/mol. The number of rotatable bonds is 6. The molecule has 0 aliphatic carbocycles. The minimum atomic E-state index is 0.216. The zero-order valence-corrected chi connectivity index (χ0v) is 20.7. The van der Waals surface area contributed by atoms with Crippen LogP contribution in [0.4, 0.5) is 0 Å². The largest absolute Gasteiger partial charge is 0.497 e. The molecule has 0 amide bonds. The molecule has 32 heavy (non-hydrogen) atoms. The first-order valence-corrected chi connectivity index (χ1v) is 11.8. The molecule has 0 unspecified atom stereocenters. The van der Waals surface area contributed by atoms with Gasteiger partial charge in [0.15, 0.2) is 0 Å². The average Bonchev–Trinajstić information content (AvgIpc) is 3.10. The summed E-state index contributed by atoms with van der Waals surface area (Å²) in [5.41, 5.74) is 11.1. The van der Waals surface area contributed by atoms with Gasteiger partial charge >= 0.3 is 0 Å². The number of fused-ring (bicyclic) bond motifs is 3. The Morgan fingerprint density at radius 3 is 1.38 bits per heavy atom. The van der Waals surface area contributed by atoms with Crippen molar-refractivity contribution in [3.05, 3.63) is 65.2 Å². The smallest absolute Gasteiger partial charge is 0.243 e. The van der Waals surface area contributed by atoms with Gasteiger partial charge in [-0.15, -0.1) is 0 Å². The monoisotopic (exact) mass is 426 g/mol. The van der Waals surface area contributed by atoms with Crippen molar-refractivity contribution < 1.29 is 9.47 Å². The second kappa shape index (κ2) is 8.69. The molecule has 3 aromatic rings. The highest BCUT2D eigenvalue weighted by Crippen LogP contribution is 2.32. The van der Waals surface area contributed by atoms with Gasteiger partial charge in [0.2, 0.25) is 6.71 Å². The minimum Gasteiger partial charge on any atom is -0.497 e. The topological polar surface area (TPSA) is 18.5 Å². The summed E-state index contributed by atoms with van der Waals surface area (Å²) in [4.78, 5) is 0. The molecule has 0 saturated carbocycles. The Bertz CT molecular complexity index is 1060. The van der Waals surface area contributed by atoms with Crippen LogP contribution < -0.4 is 25.9 Å². The van der Waals surface area contributed by atoms with Gasteiger partial charge in [-0.1, -0.05) is 82.2 Å². The highest BCUT2D eigenvalue weighted by Gasteiger charge is 2.37. The van der Waals surface area contributed by atoms with Gasteiger partial charge in [0.1, 0.15) is 11.5 Å². The first kappa shape index (κ1) is 22.5. The van der Waals surface area contributed by atoms with Crippen molar-refractivity contribution in [1.29, 1.82) is 0 Å². The molecular weight excluding hydrogens is 391 g/mol. The molecule has 0 saturated heterocycles. The predicted molar refractivity (Wildman–Crippen MR) is 138 cm³/mol. The van der Waals surface area contributed by atoms with Gasteiger partial charge in [-0.25, -0.2) is 0 Å². The van der Waals surface area contributed by atoms with E-state index in [1.165, 1.54) is 44.2 Å². The maximum atomic E-state index is 5.59. The summed E-state index contributed by atoms with van der Waals surface area (Å²) >= 11 is 0. The van der Waals surface area contributed by atoms with Crippen LogP contribution in [0.25, 0.3) is 11.1 Å². The van der Waals surface area contributed by atoms with Crippen molar-refractivity contribution in [3.63, 3.8) is 0 Å². The maximum Gasteiger partial charge on any atom is 0.243 e. The molecule has 0 atom stereocenters. The summed E-state index contributed by atoms with van der Waals surface area (Å²) < 4.78 is 11.2. The highest BCUT2D eigenvalue weighted by molar-refractivity contribution is 6.99. The molecule has 1 heterocycles. The second-order valence-corrected chi connectivity index (χ2v) is 9.92. The summed E-state index contributed by atoms with van der Waals surface area (Å²) in [5, 5.41) is 0. The lowest BCUT2D eigenvalue weighted by Gasteiger charge is -2.26. The van der Waals surface area contributed by atoms with E-state index < -0.39 is 0 Å². The molecule has 0 spiro atoms. The van der Waals surface area contributed by atoms with Gasteiger partial charge in [0.25, 0.3) is 0 Å². The molecule has 1 aliphatic rings. The Morgan fingerprint density at radius 1 is 0.594 bits per heavy atom. The van der Waals surface area contributed by atoms with Crippen molar-refractivity contribution >= 4 is 23.1 Å². The van der Waals surface area contributed by atoms with Crippen LogP contribution in [-0.4, -0.2) is 20.9 Å². The molecular formula is C29H35BO2. The fourth-order valence-corrected chi connectivity index (χ4v) is 5.12. The minimum absolute atomic E-state index is 0.216. The zero-order valence-electron chi connectivity index (χ0n) is 20.7. The van der Waals surface area contributed by atoms with Crippen LogP contribution in [-0.2, 0) is 0 Å². The third kappa shape index (κ3) is 3.72.